The van der Waals surface area contributed by atoms with E-state index in [2.05, 4.69) is 18.7 Å². The van der Waals surface area contributed by atoms with Gasteiger partial charge in [-0.05, 0) is 6.92 Å². The van der Waals surface area contributed by atoms with Crippen LogP contribution in [0.4, 0.5) is 0 Å². The first kappa shape index (κ1) is 11.6. The lowest BCUT2D eigenvalue weighted by Gasteiger charge is -2.38. The fraction of sp³-hybridized carbons (Fsp3) is 1.00. The third kappa shape index (κ3) is 3.31. The van der Waals surface area contributed by atoms with Crippen LogP contribution in [0.5, 0.6) is 0 Å². The lowest BCUT2D eigenvalue weighted by atomic mass is 10.2. The fourth-order valence-corrected chi connectivity index (χ4v) is 2.83. The summed E-state index contributed by atoms with van der Waals surface area (Å²) in [7, 11) is 0. The predicted octanol–water partition coefficient (Wildman–Crippen LogP) is 1.41. The maximum Gasteiger partial charge on any atom is 0.0802 e. The third-order valence-electron chi connectivity index (χ3n) is 2.64. The van der Waals surface area contributed by atoms with Crippen molar-refractivity contribution < 1.29 is 5.11 Å². The molecule has 0 saturated carbocycles. The standard InChI is InChI=1S/C9H18ClNOS/c1-7-8(2)13-4-3-11(7)6-9(12)5-10/h7-9,12H,3-6H2,1-2H3. The lowest BCUT2D eigenvalue weighted by Crippen LogP contribution is -2.48. The van der Waals surface area contributed by atoms with Gasteiger partial charge < -0.3 is 5.11 Å². The molecular weight excluding hydrogens is 206 g/mol. The summed E-state index contributed by atoms with van der Waals surface area (Å²) in [5, 5.41) is 10.1. The zero-order valence-electron chi connectivity index (χ0n) is 8.24. The maximum absolute atomic E-state index is 9.43. The van der Waals surface area contributed by atoms with Crippen molar-refractivity contribution in [1.29, 1.82) is 0 Å². The van der Waals surface area contributed by atoms with Gasteiger partial charge in [0.25, 0.3) is 0 Å². The Hall–Kier alpha value is 0.560. The quantitative estimate of drug-likeness (QED) is 0.732. The van der Waals surface area contributed by atoms with Crippen LogP contribution in [0.15, 0.2) is 0 Å². The minimum atomic E-state index is -0.376. The van der Waals surface area contributed by atoms with E-state index in [1.807, 2.05) is 11.8 Å². The molecule has 0 radical (unpaired) electrons. The Labute approximate surface area is 89.6 Å². The first-order chi connectivity index (χ1) is 6.15. The molecule has 4 heteroatoms. The van der Waals surface area contributed by atoms with Gasteiger partial charge in [0, 0.05) is 36.0 Å². The summed E-state index contributed by atoms with van der Waals surface area (Å²) < 4.78 is 0. The SMILES string of the molecule is CC1SCCN(CC(O)CCl)C1C. The second kappa shape index (κ2) is 5.44. The van der Waals surface area contributed by atoms with Gasteiger partial charge in [0.1, 0.15) is 0 Å². The topological polar surface area (TPSA) is 23.5 Å². The Morgan fingerprint density at radius 3 is 2.92 bits per heavy atom. The number of rotatable bonds is 3. The molecule has 1 fully saturated rings. The molecule has 1 aliphatic heterocycles. The first-order valence-corrected chi connectivity index (χ1v) is 6.33. The van der Waals surface area contributed by atoms with Gasteiger partial charge in [0.05, 0.1) is 6.10 Å². The van der Waals surface area contributed by atoms with Gasteiger partial charge in [-0.25, -0.2) is 0 Å². The molecule has 2 nitrogen and oxygen atoms in total. The van der Waals surface area contributed by atoms with E-state index in [0.29, 0.717) is 17.2 Å². The van der Waals surface area contributed by atoms with Crippen molar-refractivity contribution >= 4 is 23.4 Å². The Bertz CT molecular complexity index is 159. The van der Waals surface area contributed by atoms with E-state index in [0.717, 1.165) is 13.1 Å². The average molecular weight is 224 g/mol. The Balaban J connectivity index is 2.39. The molecule has 0 aromatic carbocycles. The van der Waals surface area contributed by atoms with Crippen molar-refractivity contribution in [1.82, 2.24) is 4.90 Å². The Morgan fingerprint density at radius 2 is 2.31 bits per heavy atom. The predicted molar refractivity (Wildman–Crippen MR) is 59.7 cm³/mol. The largest absolute Gasteiger partial charge is 0.391 e. The van der Waals surface area contributed by atoms with Crippen LogP contribution in [0.2, 0.25) is 0 Å². The lowest BCUT2D eigenvalue weighted by molar-refractivity contribution is 0.107. The molecule has 13 heavy (non-hydrogen) atoms. The van der Waals surface area contributed by atoms with Crippen LogP contribution in [0.1, 0.15) is 13.8 Å². The average Bonchev–Trinajstić information content (AvgIpc) is 2.13. The number of nitrogens with zero attached hydrogens (tertiary/aromatic N) is 1. The van der Waals surface area contributed by atoms with Crippen LogP contribution >= 0.6 is 23.4 Å². The van der Waals surface area contributed by atoms with Crippen LogP contribution < -0.4 is 0 Å². The van der Waals surface area contributed by atoms with E-state index < -0.39 is 0 Å². The second-order valence-corrected chi connectivity index (χ2v) is 5.41. The van der Waals surface area contributed by atoms with Crippen LogP contribution in [0, 0.1) is 0 Å². The van der Waals surface area contributed by atoms with Crippen molar-refractivity contribution in [3.05, 3.63) is 0 Å². The smallest absolute Gasteiger partial charge is 0.0802 e. The van der Waals surface area contributed by atoms with E-state index in [1.54, 1.807) is 0 Å². The van der Waals surface area contributed by atoms with Crippen LogP contribution in [0.3, 0.4) is 0 Å². The normalized spacial score (nSPS) is 33.2. The van der Waals surface area contributed by atoms with Crippen molar-refractivity contribution in [2.24, 2.45) is 0 Å². The molecule has 0 bridgehead atoms. The molecule has 1 rings (SSSR count). The summed E-state index contributed by atoms with van der Waals surface area (Å²) in [4.78, 5) is 2.33. The van der Waals surface area contributed by atoms with Crippen LogP contribution in [0.25, 0.3) is 0 Å². The van der Waals surface area contributed by atoms with E-state index >= 15 is 0 Å². The molecular formula is C9H18ClNOS. The summed E-state index contributed by atoms with van der Waals surface area (Å²) in [5.41, 5.74) is 0. The number of aliphatic hydroxyl groups excluding tert-OH is 1. The van der Waals surface area contributed by atoms with Crippen LogP contribution in [-0.4, -0.2) is 52.1 Å². The first-order valence-electron chi connectivity index (χ1n) is 4.75. The van der Waals surface area contributed by atoms with Gasteiger partial charge in [-0.15, -0.1) is 11.6 Å². The van der Waals surface area contributed by atoms with Crippen molar-refractivity contribution in [2.75, 3.05) is 24.7 Å². The molecule has 1 saturated heterocycles. The zero-order valence-corrected chi connectivity index (χ0v) is 9.81. The highest BCUT2D eigenvalue weighted by Gasteiger charge is 2.26. The molecule has 0 aromatic rings. The summed E-state index contributed by atoms with van der Waals surface area (Å²) in [5.74, 6) is 1.51. The highest BCUT2D eigenvalue weighted by Crippen LogP contribution is 2.24. The number of halogens is 1. The fourth-order valence-electron chi connectivity index (χ4n) is 1.57. The number of hydrogen-bond donors (Lipinski definition) is 1. The molecule has 3 atom stereocenters. The molecule has 1 heterocycles. The summed E-state index contributed by atoms with van der Waals surface area (Å²) in [6, 6.07) is 0.552. The second-order valence-electron chi connectivity index (χ2n) is 3.62. The van der Waals surface area contributed by atoms with Gasteiger partial charge >= 0.3 is 0 Å². The number of thioether (sulfide) groups is 1. The van der Waals surface area contributed by atoms with Crippen molar-refractivity contribution in [3.8, 4) is 0 Å². The monoisotopic (exact) mass is 223 g/mol. The highest BCUT2D eigenvalue weighted by molar-refractivity contribution is 8.00. The van der Waals surface area contributed by atoms with Gasteiger partial charge in [0.2, 0.25) is 0 Å². The van der Waals surface area contributed by atoms with Crippen LogP contribution in [-0.2, 0) is 0 Å². The van der Waals surface area contributed by atoms with E-state index in [1.165, 1.54) is 5.75 Å². The van der Waals surface area contributed by atoms with Gasteiger partial charge in [-0.1, -0.05) is 6.92 Å². The molecule has 1 aliphatic rings. The molecule has 0 aromatic heterocycles. The summed E-state index contributed by atoms with van der Waals surface area (Å²) in [6.07, 6.45) is -0.376. The van der Waals surface area contributed by atoms with E-state index in [4.69, 9.17) is 11.6 Å². The minimum Gasteiger partial charge on any atom is -0.391 e. The summed E-state index contributed by atoms with van der Waals surface area (Å²) >= 11 is 7.58. The molecule has 0 amide bonds. The number of β-amino-alcohol motifs (C(OH)–C–C–N with tert-alkyl or cyclic N) is 1. The van der Waals surface area contributed by atoms with Gasteiger partial charge in [-0.3, -0.25) is 4.90 Å². The third-order valence-corrected chi connectivity index (χ3v) is 4.33. The molecule has 0 spiro atoms. The number of aliphatic hydroxyl groups is 1. The molecule has 78 valence electrons. The Kier molecular flexibility index (Phi) is 4.87. The van der Waals surface area contributed by atoms with E-state index in [9.17, 15) is 5.11 Å². The number of hydrogen-bond acceptors (Lipinski definition) is 3. The van der Waals surface area contributed by atoms with E-state index in [-0.39, 0.29) is 6.10 Å². The highest BCUT2D eigenvalue weighted by atomic mass is 35.5. The molecule has 1 N–H and O–H groups in total. The minimum absolute atomic E-state index is 0.338. The molecule has 0 aliphatic carbocycles. The number of alkyl halides is 1. The van der Waals surface area contributed by atoms with Crippen molar-refractivity contribution in [3.63, 3.8) is 0 Å². The van der Waals surface area contributed by atoms with Gasteiger partial charge in [0.15, 0.2) is 0 Å². The molecule has 3 unspecified atom stereocenters. The maximum atomic E-state index is 9.43. The van der Waals surface area contributed by atoms with Crippen molar-refractivity contribution in [2.45, 2.75) is 31.2 Å². The Morgan fingerprint density at radius 1 is 1.62 bits per heavy atom. The zero-order chi connectivity index (χ0) is 9.84. The van der Waals surface area contributed by atoms with Gasteiger partial charge in [-0.2, -0.15) is 11.8 Å². The summed E-state index contributed by atoms with van der Waals surface area (Å²) in [6.45, 7) is 6.26.